The first-order valence-electron chi connectivity index (χ1n) is 11.1. The summed E-state index contributed by atoms with van der Waals surface area (Å²) in [7, 11) is 0. The molecule has 1 amide bonds. The molecular formula is C24H25F2N5O2. The van der Waals surface area contributed by atoms with Crippen molar-refractivity contribution in [1.29, 1.82) is 0 Å². The van der Waals surface area contributed by atoms with Crippen molar-refractivity contribution in [3.63, 3.8) is 0 Å². The Balaban J connectivity index is 1.44. The van der Waals surface area contributed by atoms with Gasteiger partial charge in [-0.15, -0.1) is 0 Å². The Kier molecular flexibility index (Phi) is 6.15. The number of hydrogen-bond donors (Lipinski definition) is 0. The number of rotatable bonds is 5. The van der Waals surface area contributed by atoms with Gasteiger partial charge in [-0.1, -0.05) is 6.07 Å². The maximum absolute atomic E-state index is 13.7. The summed E-state index contributed by atoms with van der Waals surface area (Å²) < 4.78 is 34.6. The molecule has 2 aliphatic heterocycles. The SMILES string of the molecule is O=C(c1nn(Cc2ccccn2)c2c1CN(Cc1cc(F)cc(F)c1)CC2)N1CCOCC1. The Morgan fingerprint density at radius 3 is 2.55 bits per heavy atom. The number of carbonyl (C=O) groups is 1. The van der Waals surface area contributed by atoms with E-state index in [-0.39, 0.29) is 5.91 Å². The van der Waals surface area contributed by atoms with Crippen LogP contribution in [0.5, 0.6) is 0 Å². The average molecular weight is 453 g/mol. The van der Waals surface area contributed by atoms with Gasteiger partial charge in [0.2, 0.25) is 0 Å². The normalized spacial score (nSPS) is 16.6. The van der Waals surface area contributed by atoms with E-state index in [2.05, 4.69) is 9.88 Å². The molecule has 7 nitrogen and oxygen atoms in total. The van der Waals surface area contributed by atoms with Crippen molar-refractivity contribution >= 4 is 5.91 Å². The number of hydrogen-bond acceptors (Lipinski definition) is 5. The largest absolute Gasteiger partial charge is 0.378 e. The highest BCUT2D eigenvalue weighted by atomic mass is 19.1. The van der Waals surface area contributed by atoms with Gasteiger partial charge in [-0.25, -0.2) is 8.78 Å². The highest BCUT2D eigenvalue weighted by Crippen LogP contribution is 2.26. The second-order valence-electron chi connectivity index (χ2n) is 8.40. The Morgan fingerprint density at radius 2 is 1.82 bits per heavy atom. The topological polar surface area (TPSA) is 63.5 Å². The van der Waals surface area contributed by atoms with Crippen LogP contribution in [0.2, 0.25) is 0 Å². The summed E-state index contributed by atoms with van der Waals surface area (Å²) in [6.45, 7) is 4.16. The van der Waals surface area contributed by atoms with E-state index in [0.717, 1.165) is 23.0 Å². The molecule has 3 aromatic rings. The first-order chi connectivity index (χ1) is 16.1. The number of carbonyl (C=O) groups excluding carboxylic acids is 1. The highest BCUT2D eigenvalue weighted by molar-refractivity contribution is 5.94. The predicted octanol–water partition coefficient (Wildman–Crippen LogP) is 2.64. The number of fused-ring (bicyclic) bond motifs is 1. The van der Waals surface area contributed by atoms with Crippen molar-refractivity contribution in [1.82, 2.24) is 24.6 Å². The molecule has 0 spiro atoms. The smallest absolute Gasteiger partial charge is 0.274 e. The molecule has 0 unspecified atom stereocenters. The van der Waals surface area contributed by atoms with E-state index in [1.54, 1.807) is 11.1 Å². The monoisotopic (exact) mass is 453 g/mol. The minimum absolute atomic E-state index is 0.104. The van der Waals surface area contributed by atoms with Crippen LogP contribution >= 0.6 is 0 Å². The number of ether oxygens (including phenoxy) is 1. The van der Waals surface area contributed by atoms with Crippen molar-refractivity contribution in [3.05, 3.63) is 82.4 Å². The van der Waals surface area contributed by atoms with Crippen LogP contribution < -0.4 is 0 Å². The zero-order valence-electron chi connectivity index (χ0n) is 18.2. The lowest BCUT2D eigenvalue weighted by Gasteiger charge is -2.29. The van der Waals surface area contributed by atoms with Gasteiger partial charge in [0.05, 0.1) is 25.5 Å². The van der Waals surface area contributed by atoms with Crippen molar-refractivity contribution in [2.75, 3.05) is 32.8 Å². The van der Waals surface area contributed by atoms with Gasteiger partial charge in [-0.3, -0.25) is 19.4 Å². The molecule has 0 atom stereocenters. The number of nitrogens with zero attached hydrogens (tertiary/aromatic N) is 5. The van der Waals surface area contributed by atoms with Crippen LogP contribution in [-0.4, -0.2) is 63.3 Å². The molecule has 172 valence electrons. The quantitative estimate of drug-likeness (QED) is 0.595. The van der Waals surface area contributed by atoms with Gasteiger partial charge >= 0.3 is 0 Å². The third-order valence-electron chi connectivity index (χ3n) is 6.08. The number of morpholine rings is 1. The third kappa shape index (κ3) is 4.79. The Bertz CT molecular complexity index is 1130. The fraction of sp³-hybridized carbons (Fsp3) is 0.375. The second kappa shape index (κ2) is 9.36. The molecular weight excluding hydrogens is 428 g/mol. The molecule has 1 saturated heterocycles. The van der Waals surface area contributed by atoms with Crippen molar-refractivity contribution in [2.45, 2.75) is 26.1 Å². The Morgan fingerprint density at radius 1 is 1.03 bits per heavy atom. The van der Waals surface area contributed by atoms with Crippen molar-refractivity contribution in [2.24, 2.45) is 0 Å². The zero-order chi connectivity index (χ0) is 22.8. The predicted molar refractivity (Wildman–Crippen MR) is 116 cm³/mol. The average Bonchev–Trinajstić information content (AvgIpc) is 3.16. The van der Waals surface area contributed by atoms with Gasteiger partial charge in [0.1, 0.15) is 11.6 Å². The van der Waals surface area contributed by atoms with Crippen LogP contribution in [0.15, 0.2) is 42.6 Å². The Hall–Kier alpha value is -3.17. The third-order valence-corrected chi connectivity index (χ3v) is 6.08. The second-order valence-corrected chi connectivity index (χ2v) is 8.40. The van der Waals surface area contributed by atoms with Crippen LogP contribution in [0.4, 0.5) is 8.78 Å². The molecule has 4 heterocycles. The molecule has 0 bridgehead atoms. The molecule has 0 saturated carbocycles. The van der Waals surface area contributed by atoms with Crippen LogP contribution in [0, 0.1) is 11.6 Å². The van der Waals surface area contributed by atoms with Crippen molar-refractivity contribution in [3.8, 4) is 0 Å². The molecule has 2 aromatic heterocycles. The van der Waals surface area contributed by atoms with E-state index in [4.69, 9.17) is 9.84 Å². The van der Waals surface area contributed by atoms with E-state index in [9.17, 15) is 13.6 Å². The molecule has 9 heteroatoms. The molecule has 1 fully saturated rings. The van der Waals surface area contributed by atoms with Crippen LogP contribution in [-0.2, 0) is 30.8 Å². The maximum atomic E-state index is 13.7. The van der Waals surface area contributed by atoms with Gasteiger partial charge in [0, 0.05) is 62.7 Å². The van der Waals surface area contributed by atoms with Crippen molar-refractivity contribution < 1.29 is 18.3 Å². The molecule has 33 heavy (non-hydrogen) atoms. The van der Waals surface area contributed by atoms with E-state index < -0.39 is 11.6 Å². The van der Waals surface area contributed by atoms with Crippen LogP contribution in [0.25, 0.3) is 0 Å². The highest BCUT2D eigenvalue weighted by Gasteiger charge is 2.31. The van der Waals surface area contributed by atoms with E-state index in [1.165, 1.54) is 12.1 Å². The number of amides is 1. The summed E-state index contributed by atoms with van der Waals surface area (Å²) in [6, 6.07) is 9.30. The lowest BCUT2D eigenvalue weighted by molar-refractivity contribution is 0.0297. The standard InChI is InChI=1S/C24H25F2N5O2/c25-18-11-17(12-19(26)13-18)14-29-6-4-22-21(16-29)23(24(32)30-7-9-33-10-8-30)28-31(22)15-20-3-1-2-5-27-20/h1-3,5,11-13H,4,6-10,14-16H2. The summed E-state index contributed by atoms with van der Waals surface area (Å²) in [6.07, 6.45) is 2.42. The fourth-order valence-corrected chi connectivity index (χ4v) is 4.51. The van der Waals surface area contributed by atoms with Gasteiger partial charge in [-0.05, 0) is 29.8 Å². The summed E-state index contributed by atoms with van der Waals surface area (Å²) in [5, 5.41) is 4.73. The first-order valence-corrected chi connectivity index (χ1v) is 11.1. The molecule has 0 radical (unpaired) electrons. The molecule has 0 N–H and O–H groups in total. The Labute approximate surface area is 190 Å². The maximum Gasteiger partial charge on any atom is 0.274 e. The minimum atomic E-state index is -0.589. The van der Waals surface area contributed by atoms with E-state index in [0.29, 0.717) is 70.2 Å². The molecule has 1 aromatic carbocycles. The van der Waals surface area contributed by atoms with E-state index in [1.807, 2.05) is 22.9 Å². The lowest BCUT2D eigenvalue weighted by atomic mass is 10.0. The molecule has 0 aliphatic carbocycles. The summed E-state index contributed by atoms with van der Waals surface area (Å²) in [5.74, 6) is -1.28. The number of pyridine rings is 1. The first kappa shape index (κ1) is 21.7. The summed E-state index contributed by atoms with van der Waals surface area (Å²) in [4.78, 5) is 21.6. The van der Waals surface area contributed by atoms with Crippen LogP contribution in [0.3, 0.4) is 0 Å². The van der Waals surface area contributed by atoms with Gasteiger partial charge in [0.25, 0.3) is 5.91 Å². The minimum Gasteiger partial charge on any atom is -0.378 e. The fourth-order valence-electron chi connectivity index (χ4n) is 4.51. The number of benzene rings is 1. The van der Waals surface area contributed by atoms with Gasteiger partial charge in [0.15, 0.2) is 5.69 Å². The van der Waals surface area contributed by atoms with Gasteiger partial charge in [-0.2, -0.15) is 5.10 Å². The summed E-state index contributed by atoms with van der Waals surface area (Å²) in [5.41, 5.74) is 3.77. The summed E-state index contributed by atoms with van der Waals surface area (Å²) >= 11 is 0. The van der Waals surface area contributed by atoms with Gasteiger partial charge < -0.3 is 9.64 Å². The number of aromatic nitrogens is 3. The number of halogens is 2. The lowest BCUT2D eigenvalue weighted by Crippen LogP contribution is -2.41. The zero-order valence-corrected chi connectivity index (χ0v) is 18.2. The van der Waals surface area contributed by atoms with E-state index >= 15 is 0 Å². The van der Waals surface area contributed by atoms with Crippen LogP contribution in [0.1, 0.15) is 33.0 Å². The molecule has 2 aliphatic rings. The molecule has 5 rings (SSSR count).